The third-order valence-corrected chi connectivity index (χ3v) is 12.5. The fraction of sp³-hybridized carbons (Fsp3) is 0.795. The van der Waals surface area contributed by atoms with Crippen LogP contribution < -0.4 is 10.6 Å². The standard InChI is InChI=1S/C39H60N4O10/c1-38-17-15-28(25-27(38)9-10-29-30-11-12-32(44)39(30,2)18-16-31(29)38)42-52-26-34(46)41-20-22-51-24-23-50-21-19-40-33(45)7-5-3-4-6-8-37(49)53-43-35(47)13-14-36(43)48/h25,29-32,44H,3-24,26H2,1-2H3,(H,40,45)(H,41,46)/b42-28+. The molecule has 53 heavy (non-hydrogen) atoms. The Labute approximate surface area is 313 Å². The molecule has 0 aromatic rings. The Bertz CT molecular complexity index is 1370. The van der Waals surface area contributed by atoms with Gasteiger partial charge in [-0.25, -0.2) is 4.79 Å². The fourth-order valence-corrected chi connectivity index (χ4v) is 9.49. The number of oxime groups is 1. The lowest BCUT2D eigenvalue weighted by Crippen LogP contribution is -2.51. The molecule has 1 heterocycles. The second-order valence-corrected chi connectivity index (χ2v) is 15.9. The van der Waals surface area contributed by atoms with Gasteiger partial charge in [-0.3, -0.25) is 19.2 Å². The maximum Gasteiger partial charge on any atom is 0.333 e. The van der Waals surface area contributed by atoms with Gasteiger partial charge in [-0.15, -0.1) is 5.06 Å². The lowest BCUT2D eigenvalue weighted by molar-refractivity contribution is -0.197. The number of hydrogen-bond acceptors (Lipinski definition) is 11. The number of nitrogens with one attached hydrogen (secondary N) is 2. The molecule has 0 radical (unpaired) electrons. The number of allylic oxidation sites excluding steroid dienone is 2. The zero-order chi connectivity index (χ0) is 37.8. The van der Waals surface area contributed by atoms with Crippen LogP contribution in [0.3, 0.4) is 0 Å². The molecule has 0 aromatic heterocycles. The number of nitrogens with zero attached hydrogens (tertiary/aromatic N) is 2. The normalized spacial score (nSPS) is 30.0. The molecule has 4 amide bonds. The van der Waals surface area contributed by atoms with E-state index in [2.05, 4.69) is 35.7 Å². The number of fused-ring (bicyclic) bond motifs is 5. The molecule has 1 aliphatic heterocycles. The highest BCUT2D eigenvalue weighted by Gasteiger charge is 2.58. The molecule has 0 bridgehead atoms. The summed E-state index contributed by atoms with van der Waals surface area (Å²) >= 11 is 0. The van der Waals surface area contributed by atoms with Gasteiger partial charge in [0.05, 0.1) is 38.2 Å². The second-order valence-electron chi connectivity index (χ2n) is 15.9. The van der Waals surface area contributed by atoms with Gasteiger partial charge in [-0.2, -0.15) is 0 Å². The third-order valence-electron chi connectivity index (χ3n) is 12.5. The van der Waals surface area contributed by atoms with Crippen LogP contribution in [0.5, 0.6) is 0 Å². The second kappa shape index (κ2) is 19.3. The maximum absolute atomic E-state index is 12.2. The van der Waals surface area contributed by atoms with Crippen LogP contribution in [0.25, 0.3) is 0 Å². The number of carbonyl (C=O) groups excluding carboxylic acids is 5. The highest BCUT2D eigenvalue weighted by Crippen LogP contribution is 2.65. The van der Waals surface area contributed by atoms with Gasteiger partial charge < -0.3 is 34.9 Å². The molecule has 296 valence electrons. The van der Waals surface area contributed by atoms with Crippen LogP contribution >= 0.6 is 0 Å². The van der Waals surface area contributed by atoms with Crippen LogP contribution in [0.15, 0.2) is 16.8 Å². The van der Waals surface area contributed by atoms with Crippen molar-refractivity contribution in [3.05, 3.63) is 11.6 Å². The van der Waals surface area contributed by atoms with Crippen molar-refractivity contribution in [3.8, 4) is 0 Å². The van der Waals surface area contributed by atoms with Crippen molar-refractivity contribution in [2.24, 2.45) is 33.7 Å². The van der Waals surface area contributed by atoms with Crippen molar-refractivity contribution in [2.75, 3.05) is 46.1 Å². The summed E-state index contributed by atoms with van der Waals surface area (Å²) in [6.45, 7) is 6.79. The number of imide groups is 1. The summed E-state index contributed by atoms with van der Waals surface area (Å²) in [6, 6.07) is 0. The molecule has 5 rings (SSSR count). The summed E-state index contributed by atoms with van der Waals surface area (Å²) in [6.07, 6.45) is 14.0. The van der Waals surface area contributed by atoms with Gasteiger partial charge in [0.2, 0.25) is 5.91 Å². The summed E-state index contributed by atoms with van der Waals surface area (Å²) in [5.74, 6) is 0.0969. The predicted octanol–water partition coefficient (Wildman–Crippen LogP) is 3.90. The molecule has 1 saturated heterocycles. The minimum Gasteiger partial charge on any atom is -0.393 e. The minimum absolute atomic E-state index is 0.0687. The Kier molecular flexibility index (Phi) is 14.9. The third kappa shape index (κ3) is 10.7. The first-order valence-corrected chi connectivity index (χ1v) is 19.8. The first-order chi connectivity index (χ1) is 25.5. The van der Waals surface area contributed by atoms with E-state index in [1.54, 1.807) is 0 Å². The van der Waals surface area contributed by atoms with Crippen LogP contribution in [0.1, 0.15) is 117 Å². The summed E-state index contributed by atoms with van der Waals surface area (Å²) in [4.78, 5) is 69.3. The molecule has 6 atom stereocenters. The molecule has 5 aliphatic rings. The smallest absolute Gasteiger partial charge is 0.333 e. The molecular weight excluding hydrogens is 684 g/mol. The minimum atomic E-state index is -0.604. The van der Waals surface area contributed by atoms with Crippen molar-refractivity contribution in [3.63, 3.8) is 0 Å². The molecular formula is C39H60N4O10. The number of aliphatic hydroxyl groups is 1. The maximum atomic E-state index is 12.2. The molecule has 6 unspecified atom stereocenters. The Morgan fingerprint density at radius 2 is 1.49 bits per heavy atom. The molecule has 14 nitrogen and oxygen atoms in total. The van der Waals surface area contributed by atoms with E-state index >= 15 is 0 Å². The Balaban J connectivity index is 0.821. The first-order valence-electron chi connectivity index (χ1n) is 19.8. The summed E-state index contributed by atoms with van der Waals surface area (Å²) in [7, 11) is 0. The van der Waals surface area contributed by atoms with E-state index < -0.39 is 17.8 Å². The van der Waals surface area contributed by atoms with E-state index in [4.69, 9.17) is 19.1 Å². The number of hydroxylamine groups is 2. The zero-order valence-corrected chi connectivity index (χ0v) is 31.7. The van der Waals surface area contributed by atoms with Crippen molar-refractivity contribution in [1.82, 2.24) is 15.7 Å². The summed E-state index contributed by atoms with van der Waals surface area (Å²) in [5, 5.41) is 21.2. The highest BCUT2D eigenvalue weighted by atomic mass is 16.7. The van der Waals surface area contributed by atoms with Crippen molar-refractivity contribution in [2.45, 2.75) is 123 Å². The Hall–Kier alpha value is -3.36. The van der Waals surface area contributed by atoms with Crippen LogP contribution in [0.2, 0.25) is 0 Å². The largest absolute Gasteiger partial charge is 0.393 e. The predicted molar refractivity (Wildman–Crippen MR) is 194 cm³/mol. The van der Waals surface area contributed by atoms with E-state index in [-0.39, 0.29) is 54.6 Å². The van der Waals surface area contributed by atoms with E-state index in [0.29, 0.717) is 81.6 Å². The van der Waals surface area contributed by atoms with Gasteiger partial charge in [0.1, 0.15) is 0 Å². The van der Waals surface area contributed by atoms with Gasteiger partial charge >= 0.3 is 5.97 Å². The van der Waals surface area contributed by atoms with E-state index in [9.17, 15) is 29.1 Å². The SMILES string of the molecule is CC12CC/C(=N\OCC(=O)NCCOCCOCCNC(=O)CCCCCCC(=O)ON3C(=O)CCC3=O)C=C1CCC1C2CCC2(C)C(O)CCC12. The number of hydrogen-bond donors (Lipinski definition) is 3. The molecule has 3 N–H and O–H groups in total. The molecule has 3 saturated carbocycles. The van der Waals surface area contributed by atoms with Gasteiger partial charge in [-0.1, -0.05) is 37.4 Å². The van der Waals surface area contributed by atoms with E-state index in [1.807, 2.05) is 0 Å². The number of unbranched alkanes of at least 4 members (excludes halogenated alkanes) is 3. The summed E-state index contributed by atoms with van der Waals surface area (Å²) < 4.78 is 11.0. The monoisotopic (exact) mass is 744 g/mol. The summed E-state index contributed by atoms with van der Waals surface area (Å²) in [5.41, 5.74) is 2.66. The molecule has 0 spiro atoms. The molecule has 4 aliphatic carbocycles. The first kappa shape index (κ1) is 40.8. The Morgan fingerprint density at radius 3 is 2.21 bits per heavy atom. The Morgan fingerprint density at radius 1 is 0.811 bits per heavy atom. The van der Waals surface area contributed by atoms with Gasteiger partial charge in [0.25, 0.3) is 17.7 Å². The van der Waals surface area contributed by atoms with Crippen LogP contribution in [-0.4, -0.2) is 97.7 Å². The van der Waals surface area contributed by atoms with Gasteiger partial charge in [0, 0.05) is 38.8 Å². The molecule has 4 fully saturated rings. The topological polar surface area (TPSA) is 182 Å². The average Bonchev–Trinajstić information content (AvgIpc) is 3.62. The zero-order valence-electron chi connectivity index (χ0n) is 31.7. The average molecular weight is 745 g/mol. The van der Waals surface area contributed by atoms with Gasteiger partial charge in [0.15, 0.2) is 6.61 Å². The van der Waals surface area contributed by atoms with Crippen molar-refractivity contribution < 1.29 is 48.2 Å². The lowest BCUT2D eigenvalue weighted by Gasteiger charge is -2.57. The number of amides is 4. The van der Waals surface area contributed by atoms with Crippen molar-refractivity contribution in [1.29, 1.82) is 0 Å². The number of ether oxygens (including phenoxy) is 2. The number of carbonyl (C=O) groups is 5. The fourth-order valence-electron chi connectivity index (χ4n) is 9.49. The van der Waals surface area contributed by atoms with E-state index in [1.165, 1.54) is 18.4 Å². The van der Waals surface area contributed by atoms with E-state index in [0.717, 1.165) is 57.1 Å². The number of aliphatic hydroxyl groups excluding tert-OH is 1. The number of rotatable bonds is 20. The quantitative estimate of drug-likeness (QED) is 0.0940. The highest BCUT2D eigenvalue weighted by molar-refractivity contribution is 6.01. The van der Waals surface area contributed by atoms with Crippen LogP contribution in [0, 0.1) is 28.6 Å². The van der Waals surface area contributed by atoms with Crippen LogP contribution in [0.4, 0.5) is 0 Å². The van der Waals surface area contributed by atoms with Crippen LogP contribution in [-0.2, 0) is 43.1 Å². The lowest BCUT2D eigenvalue weighted by atomic mass is 9.47. The molecule has 0 aromatic carbocycles. The van der Waals surface area contributed by atoms with Crippen molar-refractivity contribution >= 4 is 35.3 Å². The molecule has 14 heteroatoms. The van der Waals surface area contributed by atoms with Gasteiger partial charge in [-0.05, 0) is 98.9 Å².